The van der Waals surface area contributed by atoms with Crippen molar-refractivity contribution in [3.8, 4) is 17.0 Å². The number of ether oxygens (including phenoxy) is 1. The third-order valence-electron chi connectivity index (χ3n) is 4.23. The van der Waals surface area contributed by atoms with Gasteiger partial charge in [0.05, 0.1) is 18.5 Å². The quantitative estimate of drug-likeness (QED) is 0.679. The minimum absolute atomic E-state index is 0.931. The van der Waals surface area contributed by atoms with Gasteiger partial charge >= 0.3 is 0 Å². The first kappa shape index (κ1) is 12.0. The van der Waals surface area contributed by atoms with E-state index in [0.717, 1.165) is 29.2 Å². The van der Waals surface area contributed by atoms with Crippen molar-refractivity contribution in [2.75, 3.05) is 7.11 Å². The van der Waals surface area contributed by atoms with Crippen LogP contribution >= 0.6 is 11.3 Å². The molecule has 0 saturated heterocycles. The number of nitrogens with zero attached hydrogens (tertiary/aromatic N) is 2. The first-order chi connectivity index (χ1) is 9.69. The van der Waals surface area contributed by atoms with E-state index in [-0.39, 0.29) is 0 Å². The molecule has 0 N–H and O–H groups in total. The van der Waals surface area contributed by atoms with Gasteiger partial charge in [-0.2, -0.15) is 0 Å². The molecule has 0 amide bonds. The zero-order chi connectivity index (χ0) is 13.9. The van der Waals surface area contributed by atoms with Crippen LogP contribution in [0, 0.1) is 13.8 Å². The van der Waals surface area contributed by atoms with Crippen molar-refractivity contribution in [3.63, 3.8) is 0 Å². The molecule has 1 aromatic carbocycles. The van der Waals surface area contributed by atoms with E-state index in [2.05, 4.69) is 30.4 Å². The molecule has 2 aromatic heterocycles. The summed E-state index contributed by atoms with van der Waals surface area (Å²) in [5.74, 6) is 0.931. The number of aryl methyl sites for hydroxylation is 4. The Morgan fingerprint density at radius 3 is 2.90 bits per heavy atom. The summed E-state index contributed by atoms with van der Waals surface area (Å²) in [6, 6.07) is 6.31. The van der Waals surface area contributed by atoms with Gasteiger partial charge in [0.1, 0.15) is 5.75 Å². The number of benzene rings is 1. The van der Waals surface area contributed by atoms with Gasteiger partial charge < -0.3 is 4.74 Å². The maximum Gasteiger partial charge on any atom is 0.194 e. The van der Waals surface area contributed by atoms with E-state index in [0.29, 0.717) is 0 Å². The molecule has 2 heterocycles. The van der Waals surface area contributed by atoms with Crippen LogP contribution in [0.3, 0.4) is 0 Å². The Labute approximate surface area is 121 Å². The van der Waals surface area contributed by atoms with E-state index in [1.54, 1.807) is 18.4 Å². The van der Waals surface area contributed by atoms with E-state index >= 15 is 0 Å². The number of hydrogen-bond acceptors (Lipinski definition) is 3. The van der Waals surface area contributed by atoms with Crippen molar-refractivity contribution < 1.29 is 4.74 Å². The molecule has 0 spiro atoms. The first-order valence-electron chi connectivity index (χ1n) is 6.83. The maximum absolute atomic E-state index is 5.32. The molecule has 0 radical (unpaired) electrons. The van der Waals surface area contributed by atoms with Gasteiger partial charge in [0, 0.05) is 16.1 Å². The standard InChI is InChI=1S/C16H16N2OS/c1-9-10(2)20-16-17-15-13-6-5-12(19-3)8-11(13)4-7-14(15)18(9)16/h5-6,8H,4,7H2,1-3H3. The van der Waals surface area contributed by atoms with Gasteiger partial charge in [0.2, 0.25) is 0 Å². The second-order valence-electron chi connectivity index (χ2n) is 5.29. The highest BCUT2D eigenvalue weighted by atomic mass is 32.1. The lowest BCUT2D eigenvalue weighted by Crippen LogP contribution is -2.06. The number of rotatable bonds is 1. The molecular formula is C16H16N2OS. The van der Waals surface area contributed by atoms with Gasteiger partial charge in [-0.15, -0.1) is 11.3 Å². The van der Waals surface area contributed by atoms with Crippen molar-refractivity contribution in [3.05, 3.63) is 40.0 Å². The molecule has 3 nitrogen and oxygen atoms in total. The fraction of sp³-hybridized carbons (Fsp3) is 0.312. The van der Waals surface area contributed by atoms with Gasteiger partial charge in [-0.3, -0.25) is 4.40 Å². The predicted molar refractivity (Wildman–Crippen MR) is 81.9 cm³/mol. The average molecular weight is 284 g/mol. The Balaban J connectivity index is 1.99. The number of methoxy groups -OCH3 is 1. The lowest BCUT2D eigenvalue weighted by Gasteiger charge is -2.17. The Morgan fingerprint density at radius 1 is 1.25 bits per heavy atom. The Morgan fingerprint density at radius 2 is 2.10 bits per heavy atom. The first-order valence-corrected chi connectivity index (χ1v) is 7.65. The van der Waals surface area contributed by atoms with E-state index in [1.165, 1.54) is 27.4 Å². The molecule has 20 heavy (non-hydrogen) atoms. The molecule has 1 aliphatic carbocycles. The van der Waals surface area contributed by atoms with Gasteiger partial charge in [-0.05, 0) is 50.5 Å². The van der Waals surface area contributed by atoms with Gasteiger partial charge in [0.15, 0.2) is 4.96 Å². The summed E-state index contributed by atoms with van der Waals surface area (Å²) in [6.45, 7) is 4.35. The molecule has 0 saturated carbocycles. The molecule has 0 fully saturated rings. The number of hydrogen-bond donors (Lipinski definition) is 0. The third-order valence-corrected chi connectivity index (χ3v) is 5.29. The van der Waals surface area contributed by atoms with Crippen LogP contribution in [0.5, 0.6) is 5.75 Å². The zero-order valence-corrected chi connectivity index (χ0v) is 12.7. The fourth-order valence-corrected chi connectivity index (χ4v) is 4.04. The number of aromatic nitrogens is 2. The van der Waals surface area contributed by atoms with E-state index < -0.39 is 0 Å². The number of imidazole rings is 1. The maximum atomic E-state index is 5.32. The molecule has 0 atom stereocenters. The second kappa shape index (κ2) is 4.09. The second-order valence-corrected chi connectivity index (χ2v) is 6.47. The SMILES string of the molecule is COc1ccc2c(c1)CCc1c-2nc2sc(C)c(C)n12. The monoisotopic (exact) mass is 284 g/mol. The Hall–Kier alpha value is -1.81. The molecule has 0 bridgehead atoms. The van der Waals surface area contributed by atoms with Crippen LogP contribution in [-0.4, -0.2) is 16.5 Å². The van der Waals surface area contributed by atoms with Gasteiger partial charge in [-0.1, -0.05) is 0 Å². The topological polar surface area (TPSA) is 26.5 Å². The highest BCUT2D eigenvalue weighted by molar-refractivity contribution is 7.17. The van der Waals surface area contributed by atoms with Gasteiger partial charge in [-0.25, -0.2) is 4.98 Å². The van der Waals surface area contributed by atoms with Crippen LogP contribution in [0.4, 0.5) is 0 Å². The minimum atomic E-state index is 0.931. The average Bonchev–Trinajstić information content (AvgIpc) is 2.95. The van der Waals surface area contributed by atoms with Crippen molar-refractivity contribution in [1.82, 2.24) is 9.38 Å². The van der Waals surface area contributed by atoms with Crippen LogP contribution in [-0.2, 0) is 12.8 Å². The minimum Gasteiger partial charge on any atom is -0.497 e. The highest BCUT2D eigenvalue weighted by Crippen LogP contribution is 2.37. The summed E-state index contributed by atoms with van der Waals surface area (Å²) in [5.41, 5.74) is 6.45. The summed E-state index contributed by atoms with van der Waals surface area (Å²) in [6.07, 6.45) is 2.11. The van der Waals surface area contributed by atoms with Crippen LogP contribution < -0.4 is 4.74 Å². The van der Waals surface area contributed by atoms with Gasteiger partial charge in [0.25, 0.3) is 0 Å². The van der Waals surface area contributed by atoms with E-state index in [1.807, 2.05) is 6.07 Å². The summed E-state index contributed by atoms with van der Waals surface area (Å²) in [5, 5.41) is 0. The van der Waals surface area contributed by atoms with E-state index in [9.17, 15) is 0 Å². The largest absolute Gasteiger partial charge is 0.497 e. The number of thiazole rings is 1. The predicted octanol–water partition coefficient (Wildman–Crippen LogP) is 3.79. The van der Waals surface area contributed by atoms with E-state index in [4.69, 9.17) is 9.72 Å². The molecule has 4 rings (SSSR count). The van der Waals surface area contributed by atoms with Crippen LogP contribution in [0.25, 0.3) is 16.2 Å². The van der Waals surface area contributed by atoms with Crippen LogP contribution in [0.2, 0.25) is 0 Å². The summed E-state index contributed by atoms with van der Waals surface area (Å²) < 4.78 is 7.66. The molecule has 4 heteroatoms. The smallest absolute Gasteiger partial charge is 0.194 e. The zero-order valence-electron chi connectivity index (χ0n) is 11.9. The third kappa shape index (κ3) is 1.48. The summed E-state index contributed by atoms with van der Waals surface area (Å²) >= 11 is 1.78. The summed E-state index contributed by atoms with van der Waals surface area (Å²) in [4.78, 5) is 7.35. The van der Waals surface area contributed by atoms with Crippen molar-refractivity contribution in [1.29, 1.82) is 0 Å². The van der Waals surface area contributed by atoms with Crippen molar-refractivity contribution in [2.24, 2.45) is 0 Å². The normalized spacial score (nSPS) is 13.3. The summed E-state index contributed by atoms with van der Waals surface area (Å²) in [7, 11) is 1.72. The molecule has 1 aliphatic rings. The molecule has 0 aliphatic heterocycles. The highest BCUT2D eigenvalue weighted by Gasteiger charge is 2.24. The van der Waals surface area contributed by atoms with Crippen molar-refractivity contribution >= 4 is 16.3 Å². The Bertz CT molecular complexity index is 829. The fourth-order valence-electron chi connectivity index (χ4n) is 3.05. The lowest BCUT2D eigenvalue weighted by molar-refractivity contribution is 0.414. The van der Waals surface area contributed by atoms with Crippen molar-refractivity contribution in [2.45, 2.75) is 26.7 Å². The van der Waals surface area contributed by atoms with Crippen LogP contribution in [0.15, 0.2) is 18.2 Å². The molecule has 102 valence electrons. The Kier molecular flexibility index (Phi) is 2.45. The number of fused-ring (bicyclic) bond motifs is 5. The molecule has 3 aromatic rings. The molecule has 0 unspecified atom stereocenters. The lowest BCUT2D eigenvalue weighted by atomic mass is 9.92. The van der Waals surface area contributed by atoms with Crippen LogP contribution in [0.1, 0.15) is 21.8 Å². The molecular weight excluding hydrogens is 268 g/mol.